The van der Waals surface area contributed by atoms with Gasteiger partial charge >= 0.3 is 5.97 Å². The van der Waals surface area contributed by atoms with Gasteiger partial charge in [0.25, 0.3) is 0 Å². The van der Waals surface area contributed by atoms with Crippen LogP contribution >= 0.6 is 0 Å². The molecule has 0 saturated carbocycles. The van der Waals surface area contributed by atoms with Crippen LogP contribution in [-0.4, -0.2) is 74.2 Å². The number of carboxylic acids is 1. The summed E-state index contributed by atoms with van der Waals surface area (Å²) in [5.41, 5.74) is 2.09. The van der Waals surface area contributed by atoms with Crippen LogP contribution in [0.2, 0.25) is 0 Å². The number of para-hydroxylation sites is 1. The largest absolute Gasteiger partial charge is 0.478 e. The molecule has 0 aliphatic carbocycles. The maximum Gasteiger partial charge on any atom is 0.337 e. The van der Waals surface area contributed by atoms with E-state index in [1.807, 2.05) is 18.2 Å². The van der Waals surface area contributed by atoms with Crippen LogP contribution in [0.15, 0.2) is 53.6 Å². The second kappa shape index (κ2) is 10.4. The van der Waals surface area contributed by atoms with Gasteiger partial charge in [0.2, 0.25) is 10.0 Å². The molecule has 0 amide bonds. The van der Waals surface area contributed by atoms with Crippen LogP contribution in [0.3, 0.4) is 0 Å². The molecule has 0 radical (unpaired) electrons. The number of hydrogen-bond donors (Lipinski definition) is 4. The number of ether oxygens (including phenoxy) is 1. The fourth-order valence-electron chi connectivity index (χ4n) is 4.63. The van der Waals surface area contributed by atoms with Gasteiger partial charge in [-0.3, -0.25) is 4.98 Å². The quantitative estimate of drug-likeness (QED) is 0.378. The molecule has 0 atom stereocenters. The molecule has 2 aliphatic heterocycles. The third-order valence-electron chi connectivity index (χ3n) is 6.55. The summed E-state index contributed by atoms with van der Waals surface area (Å²) in [6, 6.07) is 12.4. The number of nitrogens with one attached hydrogen (secondary N) is 3. The minimum absolute atomic E-state index is 0.00360. The zero-order chi connectivity index (χ0) is 25.1. The molecule has 2 fully saturated rings. The van der Waals surface area contributed by atoms with E-state index < -0.39 is 16.0 Å². The molecule has 2 aromatic carbocycles. The molecule has 0 bridgehead atoms. The molecule has 36 heavy (non-hydrogen) atoms. The number of sulfonamides is 1. The van der Waals surface area contributed by atoms with Crippen molar-refractivity contribution in [2.24, 2.45) is 0 Å². The second-order valence-electron chi connectivity index (χ2n) is 8.89. The summed E-state index contributed by atoms with van der Waals surface area (Å²) in [4.78, 5) is 16.3. The highest BCUT2D eigenvalue weighted by molar-refractivity contribution is 7.89. The van der Waals surface area contributed by atoms with Crippen molar-refractivity contribution >= 4 is 44.0 Å². The number of hydrogen-bond acceptors (Lipinski definition) is 8. The van der Waals surface area contributed by atoms with Crippen molar-refractivity contribution in [1.29, 1.82) is 0 Å². The number of benzene rings is 2. The topological polar surface area (TPSA) is 133 Å². The van der Waals surface area contributed by atoms with Crippen molar-refractivity contribution in [3.8, 4) is 0 Å². The minimum atomic E-state index is -3.93. The van der Waals surface area contributed by atoms with Crippen molar-refractivity contribution in [1.82, 2.24) is 14.6 Å². The molecular weight excluding hydrogens is 482 g/mol. The Labute approximate surface area is 209 Å². The maximum absolute atomic E-state index is 13.7. The Kier molecular flexibility index (Phi) is 7.06. The highest BCUT2D eigenvalue weighted by Gasteiger charge is 2.30. The molecule has 11 heteroatoms. The molecule has 190 valence electrons. The lowest BCUT2D eigenvalue weighted by Gasteiger charge is -2.27. The summed E-state index contributed by atoms with van der Waals surface area (Å²) >= 11 is 0. The Morgan fingerprint density at radius 2 is 1.86 bits per heavy atom. The zero-order valence-electron chi connectivity index (χ0n) is 19.7. The monoisotopic (exact) mass is 511 g/mol. The molecule has 1 aromatic heterocycles. The van der Waals surface area contributed by atoms with Crippen LogP contribution in [0, 0.1) is 0 Å². The van der Waals surface area contributed by atoms with Gasteiger partial charge in [-0.25, -0.2) is 13.2 Å². The number of carboxylic acid groups (broad SMARTS) is 1. The number of pyridine rings is 1. The normalized spacial score (nSPS) is 17.7. The number of morpholine rings is 1. The van der Waals surface area contributed by atoms with Crippen LogP contribution < -0.4 is 16.0 Å². The van der Waals surface area contributed by atoms with E-state index in [0.717, 1.165) is 31.6 Å². The predicted octanol–water partition coefficient (Wildman–Crippen LogP) is 2.86. The molecule has 0 spiro atoms. The van der Waals surface area contributed by atoms with Gasteiger partial charge in [-0.15, -0.1) is 0 Å². The summed E-state index contributed by atoms with van der Waals surface area (Å²) < 4.78 is 34.1. The van der Waals surface area contributed by atoms with Crippen LogP contribution in [0.5, 0.6) is 0 Å². The fourth-order valence-corrected chi connectivity index (χ4v) is 6.14. The molecule has 2 aliphatic rings. The van der Waals surface area contributed by atoms with E-state index in [1.54, 1.807) is 18.2 Å². The second-order valence-corrected chi connectivity index (χ2v) is 10.8. The van der Waals surface area contributed by atoms with Crippen molar-refractivity contribution in [3.05, 3.63) is 54.2 Å². The predicted molar refractivity (Wildman–Crippen MR) is 138 cm³/mol. The van der Waals surface area contributed by atoms with Gasteiger partial charge in [-0.05, 0) is 56.3 Å². The van der Waals surface area contributed by atoms with E-state index in [9.17, 15) is 18.3 Å². The highest BCUT2D eigenvalue weighted by Crippen LogP contribution is 2.36. The first-order valence-electron chi connectivity index (χ1n) is 12.0. The van der Waals surface area contributed by atoms with Crippen LogP contribution in [0.1, 0.15) is 23.2 Å². The van der Waals surface area contributed by atoms with Crippen LogP contribution in [0.25, 0.3) is 10.9 Å². The number of nitrogens with zero attached hydrogens (tertiary/aromatic N) is 2. The molecule has 3 aromatic rings. The van der Waals surface area contributed by atoms with Crippen LogP contribution in [-0.2, 0) is 14.8 Å². The lowest BCUT2D eigenvalue weighted by Crippen LogP contribution is -2.40. The van der Waals surface area contributed by atoms with Gasteiger partial charge in [-0.1, -0.05) is 12.1 Å². The lowest BCUT2D eigenvalue weighted by atomic mass is 10.1. The first kappa shape index (κ1) is 24.4. The Hall–Kier alpha value is -3.25. The van der Waals surface area contributed by atoms with Gasteiger partial charge in [0.05, 0.1) is 35.7 Å². The first-order chi connectivity index (χ1) is 17.4. The van der Waals surface area contributed by atoms with Gasteiger partial charge < -0.3 is 25.8 Å². The van der Waals surface area contributed by atoms with E-state index in [4.69, 9.17) is 4.74 Å². The Balaban J connectivity index is 1.64. The van der Waals surface area contributed by atoms with Crippen LogP contribution in [0.4, 0.5) is 17.1 Å². The van der Waals surface area contributed by atoms with E-state index in [-0.39, 0.29) is 23.5 Å². The molecule has 5 rings (SSSR count). The summed E-state index contributed by atoms with van der Waals surface area (Å²) in [5.74, 6) is -1.11. The average molecular weight is 512 g/mol. The molecule has 0 unspecified atom stereocenters. The number of rotatable bonds is 7. The molecular formula is C25H29N5O5S. The fraction of sp³-hybridized carbons (Fsp3) is 0.360. The summed E-state index contributed by atoms with van der Waals surface area (Å²) in [6.45, 7) is 2.98. The van der Waals surface area contributed by atoms with Crippen molar-refractivity contribution in [2.45, 2.75) is 23.8 Å². The third-order valence-corrected chi connectivity index (χ3v) is 8.46. The van der Waals surface area contributed by atoms with E-state index in [2.05, 4.69) is 20.9 Å². The number of aromatic nitrogens is 1. The van der Waals surface area contributed by atoms with Crippen molar-refractivity contribution in [2.75, 3.05) is 50.0 Å². The van der Waals surface area contributed by atoms with Crippen molar-refractivity contribution < 1.29 is 23.1 Å². The highest BCUT2D eigenvalue weighted by atomic mass is 32.2. The Morgan fingerprint density at radius 1 is 1.11 bits per heavy atom. The Bertz CT molecular complexity index is 1370. The van der Waals surface area contributed by atoms with Crippen molar-refractivity contribution in [3.63, 3.8) is 0 Å². The molecule has 4 N–H and O–H groups in total. The van der Waals surface area contributed by atoms with Gasteiger partial charge in [-0.2, -0.15) is 4.31 Å². The maximum atomic E-state index is 13.7. The Morgan fingerprint density at radius 3 is 2.61 bits per heavy atom. The standard InChI is InChI=1S/C25H29N5O5S/c31-25(32)19-3-1-2-4-22(19)29-24-20-15-18(28-17-7-9-26-10-8-17)5-6-21(20)27-16-23(24)36(33,34)30-11-13-35-14-12-30/h1-6,15-17,26,28H,7-14H2,(H,27,29)(H,31,32). The third kappa shape index (κ3) is 5.00. The van der Waals surface area contributed by atoms with Gasteiger partial charge in [0.15, 0.2) is 0 Å². The van der Waals surface area contributed by atoms with Gasteiger partial charge in [0, 0.05) is 36.4 Å². The summed E-state index contributed by atoms with van der Waals surface area (Å²) in [7, 11) is -3.93. The molecule has 3 heterocycles. The summed E-state index contributed by atoms with van der Waals surface area (Å²) in [6.07, 6.45) is 3.32. The number of piperidine rings is 1. The van der Waals surface area contributed by atoms with E-state index >= 15 is 0 Å². The zero-order valence-corrected chi connectivity index (χ0v) is 20.6. The lowest BCUT2D eigenvalue weighted by molar-refractivity contribution is 0.0698. The molecule has 10 nitrogen and oxygen atoms in total. The average Bonchev–Trinajstić information content (AvgIpc) is 2.90. The SMILES string of the molecule is O=C(O)c1ccccc1Nc1c(S(=O)(=O)N2CCOCC2)cnc2ccc(NC3CCNCC3)cc12. The van der Waals surface area contributed by atoms with Gasteiger partial charge in [0.1, 0.15) is 4.90 Å². The number of fused-ring (bicyclic) bond motifs is 1. The molecule has 2 saturated heterocycles. The van der Waals surface area contributed by atoms with E-state index in [0.29, 0.717) is 41.5 Å². The first-order valence-corrected chi connectivity index (χ1v) is 13.4. The smallest absolute Gasteiger partial charge is 0.337 e. The van der Waals surface area contributed by atoms with E-state index in [1.165, 1.54) is 16.6 Å². The number of aromatic carboxylic acids is 1. The number of carbonyl (C=O) groups is 1. The summed E-state index contributed by atoms with van der Waals surface area (Å²) in [5, 5.41) is 20.3. The number of anilines is 3. The minimum Gasteiger partial charge on any atom is -0.478 e.